The molecule has 0 bridgehead atoms. The fourth-order valence-electron chi connectivity index (χ4n) is 4.36. The van der Waals surface area contributed by atoms with Gasteiger partial charge in [-0.1, -0.05) is 12.8 Å². The summed E-state index contributed by atoms with van der Waals surface area (Å²) in [4.78, 5) is 16.2. The number of tetrazole rings is 1. The smallest absolute Gasteiger partial charge is 0.246 e. The number of carbonyl (C=O) groups excluding carboxylic acids is 1. The van der Waals surface area contributed by atoms with Crippen LogP contribution in [0.5, 0.6) is 0 Å². The molecule has 138 valence electrons. The van der Waals surface area contributed by atoms with E-state index in [0.717, 1.165) is 19.4 Å². The number of halogens is 1. The Kier molecular flexibility index (Phi) is 4.70. The minimum Gasteiger partial charge on any atom is -0.338 e. The van der Waals surface area contributed by atoms with E-state index in [1.54, 1.807) is 19.1 Å². The maximum atomic E-state index is 13.4. The highest BCUT2D eigenvalue weighted by Crippen LogP contribution is 2.35. The van der Waals surface area contributed by atoms with E-state index in [1.165, 1.54) is 36.5 Å². The molecule has 0 spiro atoms. The normalized spacial score (nSPS) is 22.9. The molecular weight excluding hydrogens is 333 g/mol. The van der Waals surface area contributed by atoms with Gasteiger partial charge in [-0.15, -0.1) is 10.2 Å². The highest BCUT2D eigenvalue weighted by molar-refractivity contribution is 5.76. The first kappa shape index (κ1) is 17.1. The van der Waals surface area contributed by atoms with E-state index in [-0.39, 0.29) is 18.3 Å². The van der Waals surface area contributed by atoms with Crippen LogP contribution in [-0.2, 0) is 11.3 Å². The molecule has 2 aromatic rings. The predicted molar refractivity (Wildman–Crippen MR) is 94.6 cm³/mol. The molecule has 2 fully saturated rings. The number of aromatic nitrogens is 4. The van der Waals surface area contributed by atoms with E-state index < -0.39 is 0 Å². The predicted octanol–water partition coefficient (Wildman–Crippen LogP) is 2.97. The van der Waals surface area contributed by atoms with Gasteiger partial charge in [0.1, 0.15) is 12.4 Å². The number of nitrogens with zero attached hydrogens (tertiary/aromatic N) is 5. The highest BCUT2D eigenvalue weighted by Gasteiger charge is 2.35. The quantitative estimate of drug-likeness (QED) is 0.847. The summed E-state index contributed by atoms with van der Waals surface area (Å²) in [6.07, 6.45) is 7.17. The van der Waals surface area contributed by atoms with Crippen LogP contribution in [0.2, 0.25) is 0 Å². The third-order valence-corrected chi connectivity index (χ3v) is 5.71. The Morgan fingerprint density at radius 1 is 1.23 bits per heavy atom. The van der Waals surface area contributed by atoms with E-state index in [9.17, 15) is 9.18 Å². The molecule has 1 aliphatic carbocycles. The summed E-state index contributed by atoms with van der Waals surface area (Å²) in [5, 5.41) is 12.4. The van der Waals surface area contributed by atoms with Gasteiger partial charge < -0.3 is 4.90 Å². The van der Waals surface area contributed by atoms with Crippen molar-refractivity contribution in [3.8, 4) is 11.4 Å². The lowest BCUT2D eigenvalue weighted by Crippen LogP contribution is -2.50. The van der Waals surface area contributed by atoms with Crippen LogP contribution in [0.25, 0.3) is 11.4 Å². The molecule has 1 saturated carbocycles. The first-order valence-corrected chi connectivity index (χ1v) is 9.45. The Bertz CT molecular complexity index is 803. The summed E-state index contributed by atoms with van der Waals surface area (Å²) in [6.45, 7) is 2.64. The molecule has 1 aliphatic heterocycles. The van der Waals surface area contributed by atoms with Crippen molar-refractivity contribution in [3.63, 3.8) is 0 Å². The van der Waals surface area contributed by atoms with Crippen molar-refractivity contribution in [2.75, 3.05) is 6.54 Å². The lowest BCUT2D eigenvalue weighted by Gasteiger charge is -2.44. The van der Waals surface area contributed by atoms with Crippen LogP contribution in [0.4, 0.5) is 4.39 Å². The molecule has 2 atom stereocenters. The van der Waals surface area contributed by atoms with Crippen LogP contribution in [0, 0.1) is 18.7 Å². The van der Waals surface area contributed by atoms with Gasteiger partial charge in [0.25, 0.3) is 0 Å². The molecule has 1 saturated heterocycles. The van der Waals surface area contributed by atoms with E-state index >= 15 is 0 Å². The van der Waals surface area contributed by atoms with Crippen LogP contribution in [0.3, 0.4) is 0 Å². The number of piperidine rings is 1. The first-order chi connectivity index (χ1) is 12.6. The minimum atomic E-state index is -0.261. The average Bonchev–Trinajstić information content (AvgIpc) is 3.12. The van der Waals surface area contributed by atoms with Crippen molar-refractivity contribution in [1.29, 1.82) is 0 Å². The summed E-state index contributed by atoms with van der Waals surface area (Å²) < 4.78 is 13.4. The molecule has 4 rings (SSSR count). The monoisotopic (exact) mass is 357 g/mol. The molecule has 0 N–H and O–H groups in total. The van der Waals surface area contributed by atoms with Crippen LogP contribution >= 0.6 is 0 Å². The number of benzene rings is 1. The molecule has 7 heteroatoms. The molecular formula is C19H24FN5O. The summed E-state index contributed by atoms with van der Waals surface area (Å²) in [5.74, 6) is 0.877. The van der Waals surface area contributed by atoms with Crippen LogP contribution in [-0.4, -0.2) is 43.6 Å². The van der Waals surface area contributed by atoms with Gasteiger partial charge in [0, 0.05) is 18.2 Å². The molecule has 2 heterocycles. The number of amides is 1. The third-order valence-electron chi connectivity index (χ3n) is 5.71. The lowest BCUT2D eigenvalue weighted by atomic mass is 9.78. The van der Waals surface area contributed by atoms with Gasteiger partial charge >= 0.3 is 0 Å². The largest absolute Gasteiger partial charge is 0.338 e. The summed E-state index contributed by atoms with van der Waals surface area (Å²) in [7, 11) is 0. The minimum absolute atomic E-state index is 0.0702. The number of aryl methyl sites for hydroxylation is 1. The van der Waals surface area contributed by atoms with Gasteiger partial charge in [-0.3, -0.25) is 4.79 Å². The molecule has 1 aromatic heterocycles. The Morgan fingerprint density at radius 3 is 2.88 bits per heavy atom. The zero-order valence-corrected chi connectivity index (χ0v) is 15.1. The van der Waals surface area contributed by atoms with Crippen LogP contribution in [0.15, 0.2) is 18.2 Å². The van der Waals surface area contributed by atoms with Crippen molar-refractivity contribution in [2.24, 2.45) is 5.92 Å². The summed E-state index contributed by atoms with van der Waals surface area (Å²) in [6, 6.07) is 5.10. The SMILES string of the molecule is Cc1cc(-c2nnn(CC(=O)N3CCCC4CCCCC43)n2)ccc1F. The zero-order valence-electron chi connectivity index (χ0n) is 15.1. The average molecular weight is 357 g/mol. The summed E-state index contributed by atoms with van der Waals surface area (Å²) in [5.41, 5.74) is 1.24. The topological polar surface area (TPSA) is 63.9 Å². The van der Waals surface area contributed by atoms with Gasteiger partial charge in [0.2, 0.25) is 11.7 Å². The van der Waals surface area contributed by atoms with Crippen molar-refractivity contribution < 1.29 is 9.18 Å². The molecule has 26 heavy (non-hydrogen) atoms. The number of rotatable bonds is 3. The van der Waals surface area contributed by atoms with Gasteiger partial charge in [0.15, 0.2) is 0 Å². The summed E-state index contributed by atoms with van der Waals surface area (Å²) >= 11 is 0. The highest BCUT2D eigenvalue weighted by atomic mass is 19.1. The van der Waals surface area contributed by atoms with Crippen molar-refractivity contribution in [3.05, 3.63) is 29.6 Å². The van der Waals surface area contributed by atoms with Crippen LogP contribution in [0.1, 0.15) is 44.1 Å². The number of carbonyl (C=O) groups is 1. The molecule has 1 aromatic carbocycles. The Hall–Kier alpha value is -2.31. The zero-order chi connectivity index (χ0) is 18.1. The Morgan fingerprint density at radius 2 is 2.04 bits per heavy atom. The first-order valence-electron chi connectivity index (χ1n) is 9.45. The van der Waals surface area contributed by atoms with Gasteiger partial charge in [-0.25, -0.2) is 4.39 Å². The second kappa shape index (κ2) is 7.13. The Labute approximate surface area is 152 Å². The second-order valence-electron chi connectivity index (χ2n) is 7.45. The molecule has 0 radical (unpaired) electrons. The molecule has 1 amide bonds. The fraction of sp³-hybridized carbons (Fsp3) is 0.579. The fourth-order valence-corrected chi connectivity index (χ4v) is 4.36. The number of fused-ring (bicyclic) bond motifs is 1. The number of hydrogen-bond donors (Lipinski definition) is 0. The maximum absolute atomic E-state index is 13.4. The second-order valence-corrected chi connectivity index (χ2v) is 7.45. The van der Waals surface area contributed by atoms with Gasteiger partial charge in [-0.2, -0.15) is 4.80 Å². The van der Waals surface area contributed by atoms with Gasteiger partial charge in [-0.05, 0) is 67.5 Å². The van der Waals surface area contributed by atoms with Crippen molar-refractivity contribution >= 4 is 5.91 Å². The third kappa shape index (κ3) is 3.34. The Balaban J connectivity index is 1.46. The number of hydrogen-bond acceptors (Lipinski definition) is 4. The van der Waals surface area contributed by atoms with E-state index in [4.69, 9.17) is 0 Å². The van der Waals surface area contributed by atoms with E-state index in [2.05, 4.69) is 15.4 Å². The molecule has 2 unspecified atom stereocenters. The molecule has 6 nitrogen and oxygen atoms in total. The van der Waals surface area contributed by atoms with Crippen molar-refractivity contribution in [1.82, 2.24) is 25.1 Å². The maximum Gasteiger partial charge on any atom is 0.246 e. The molecule has 2 aliphatic rings. The lowest BCUT2D eigenvalue weighted by molar-refractivity contribution is -0.138. The van der Waals surface area contributed by atoms with Crippen LogP contribution < -0.4 is 0 Å². The van der Waals surface area contributed by atoms with Gasteiger partial charge in [0.05, 0.1) is 0 Å². The van der Waals surface area contributed by atoms with E-state index in [1.807, 2.05) is 4.90 Å². The standard InChI is InChI=1S/C19H24FN5O/c1-13-11-15(8-9-16(13)20)19-21-23-25(22-19)12-18(26)24-10-4-6-14-5-2-3-7-17(14)24/h8-9,11,14,17H,2-7,10,12H2,1H3. The number of likely N-dealkylation sites (tertiary alicyclic amines) is 1. The van der Waals surface area contributed by atoms with Crippen molar-refractivity contribution in [2.45, 2.75) is 58.0 Å². The van der Waals surface area contributed by atoms with E-state index in [0.29, 0.717) is 28.9 Å².